The molecule has 0 spiro atoms. The molecule has 1 aromatic carbocycles. The van der Waals surface area contributed by atoms with Crippen molar-refractivity contribution in [3.05, 3.63) is 41.3 Å². The van der Waals surface area contributed by atoms with E-state index in [4.69, 9.17) is 10.3 Å². The summed E-state index contributed by atoms with van der Waals surface area (Å²) >= 11 is 0. The van der Waals surface area contributed by atoms with Crippen molar-refractivity contribution >= 4 is 15.9 Å². The summed E-state index contributed by atoms with van der Waals surface area (Å²) in [5, 5.41) is 3.33. The van der Waals surface area contributed by atoms with Gasteiger partial charge in [0.2, 0.25) is 15.9 Å². The third-order valence-electron chi connectivity index (χ3n) is 4.00. The zero-order chi connectivity index (χ0) is 20.0. The lowest BCUT2D eigenvalue weighted by atomic mass is 10.2. The normalized spacial score (nSPS) is 18.7. The van der Waals surface area contributed by atoms with Crippen LogP contribution in [0.2, 0.25) is 0 Å². The molecule has 1 saturated heterocycles. The van der Waals surface area contributed by atoms with Crippen LogP contribution >= 0.6 is 0 Å². The SMILES string of the molecule is NC(=O)c1noc([C@@H]2CCCN2S(=O)(=O)c2ccc(F)c(C(F)(F)F)c2)n1. The van der Waals surface area contributed by atoms with Crippen molar-refractivity contribution in [1.29, 1.82) is 0 Å². The monoisotopic (exact) mass is 408 g/mol. The molecule has 27 heavy (non-hydrogen) atoms. The van der Waals surface area contributed by atoms with Gasteiger partial charge in [-0.15, -0.1) is 0 Å². The zero-order valence-corrected chi connectivity index (χ0v) is 14.2. The van der Waals surface area contributed by atoms with Gasteiger partial charge >= 0.3 is 6.18 Å². The third-order valence-corrected chi connectivity index (χ3v) is 5.90. The predicted octanol–water partition coefficient (Wildman–Crippen LogP) is 1.85. The Hall–Kier alpha value is -2.54. The smallest absolute Gasteiger partial charge is 0.363 e. The Morgan fingerprint density at radius 1 is 1.33 bits per heavy atom. The van der Waals surface area contributed by atoms with Crippen molar-refractivity contribution in [3.63, 3.8) is 0 Å². The Morgan fingerprint density at radius 3 is 2.63 bits per heavy atom. The summed E-state index contributed by atoms with van der Waals surface area (Å²) in [6.45, 7) is -0.0278. The van der Waals surface area contributed by atoms with E-state index in [1.807, 2.05) is 0 Å². The zero-order valence-electron chi connectivity index (χ0n) is 13.4. The molecule has 0 saturated carbocycles. The molecule has 2 N–H and O–H groups in total. The first-order valence-corrected chi connectivity index (χ1v) is 8.98. The Labute approximate surface area is 150 Å². The Bertz CT molecular complexity index is 989. The molecular weight excluding hydrogens is 396 g/mol. The number of halogens is 4. The van der Waals surface area contributed by atoms with Crippen molar-refractivity contribution in [1.82, 2.24) is 14.4 Å². The number of nitrogens with zero attached hydrogens (tertiary/aromatic N) is 3. The fourth-order valence-electron chi connectivity index (χ4n) is 2.76. The summed E-state index contributed by atoms with van der Waals surface area (Å²) < 4.78 is 83.5. The molecule has 0 radical (unpaired) electrons. The first kappa shape index (κ1) is 19.2. The molecule has 13 heteroatoms. The van der Waals surface area contributed by atoms with E-state index in [0.717, 1.165) is 10.4 Å². The van der Waals surface area contributed by atoms with E-state index in [-0.39, 0.29) is 24.9 Å². The van der Waals surface area contributed by atoms with Gasteiger partial charge in [-0.05, 0) is 31.0 Å². The molecule has 8 nitrogen and oxygen atoms in total. The number of primary amides is 1. The number of hydrogen-bond acceptors (Lipinski definition) is 6. The van der Waals surface area contributed by atoms with Gasteiger partial charge in [-0.25, -0.2) is 12.8 Å². The van der Waals surface area contributed by atoms with Gasteiger partial charge in [-0.3, -0.25) is 4.79 Å². The topological polar surface area (TPSA) is 119 Å². The van der Waals surface area contributed by atoms with Crippen molar-refractivity contribution in [2.24, 2.45) is 5.73 Å². The van der Waals surface area contributed by atoms with Gasteiger partial charge < -0.3 is 10.3 Å². The van der Waals surface area contributed by atoms with Gasteiger partial charge in [0.15, 0.2) is 0 Å². The standard InChI is InChI=1S/C14H12F4N4O4S/c15-9-4-3-7(6-8(9)14(16,17)18)27(24,25)22-5-1-2-10(22)13-20-12(11(19)23)21-26-13/h3-4,6,10H,1-2,5H2,(H2,19,23)/t10-/m0/s1. The molecule has 0 aliphatic carbocycles. The molecule has 3 rings (SSSR count). The molecule has 1 aliphatic heterocycles. The quantitative estimate of drug-likeness (QED) is 0.771. The lowest BCUT2D eigenvalue weighted by Crippen LogP contribution is -2.31. The number of carbonyl (C=O) groups excluding carboxylic acids is 1. The van der Waals surface area contributed by atoms with Gasteiger partial charge in [0.25, 0.3) is 11.7 Å². The maximum atomic E-state index is 13.4. The van der Waals surface area contributed by atoms with Gasteiger partial charge in [0, 0.05) is 6.54 Å². The highest BCUT2D eigenvalue weighted by Gasteiger charge is 2.41. The fourth-order valence-corrected chi connectivity index (χ4v) is 4.44. The van der Waals surface area contributed by atoms with Crippen LogP contribution < -0.4 is 5.73 Å². The highest BCUT2D eigenvalue weighted by Crippen LogP contribution is 2.38. The number of rotatable bonds is 4. The molecule has 0 bridgehead atoms. The minimum absolute atomic E-state index is 0.0278. The summed E-state index contributed by atoms with van der Waals surface area (Å²) in [7, 11) is -4.42. The third kappa shape index (κ3) is 3.51. The summed E-state index contributed by atoms with van der Waals surface area (Å²) in [4.78, 5) is 14.1. The lowest BCUT2D eigenvalue weighted by Gasteiger charge is -2.22. The minimum Gasteiger partial charge on any atom is -0.363 e. The number of nitrogens with two attached hydrogens (primary N) is 1. The molecule has 2 heterocycles. The van der Waals surface area contributed by atoms with Crippen LogP contribution in [-0.2, 0) is 16.2 Å². The van der Waals surface area contributed by atoms with Crippen LogP contribution in [0, 0.1) is 5.82 Å². The van der Waals surface area contributed by atoms with E-state index in [9.17, 15) is 30.8 Å². The van der Waals surface area contributed by atoms with Crippen LogP contribution in [0.1, 0.15) is 41.0 Å². The Morgan fingerprint density at radius 2 is 2.04 bits per heavy atom. The second kappa shape index (κ2) is 6.56. The average molecular weight is 408 g/mol. The Kier molecular flexibility index (Phi) is 4.67. The van der Waals surface area contributed by atoms with E-state index in [2.05, 4.69) is 10.1 Å². The second-order valence-electron chi connectivity index (χ2n) is 5.73. The predicted molar refractivity (Wildman–Crippen MR) is 80.1 cm³/mol. The van der Waals surface area contributed by atoms with Crippen molar-refractivity contribution in [2.75, 3.05) is 6.54 Å². The van der Waals surface area contributed by atoms with Gasteiger partial charge in [-0.2, -0.15) is 22.5 Å². The summed E-state index contributed by atoms with van der Waals surface area (Å²) in [6, 6.07) is 0.453. The van der Waals surface area contributed by atoms with Gasteiger partial charge in [-0.1, -0.05) is 5.16 Å². The molecule has 146 valence electrons. The van der Waals surface area contributed by atoms with Gasteiger partial charge in [0.05, 0.1) is 10.5 Å². The first-order chi connectivity index (χ1) is 12.5. The van der Waals surface area contributed by atoms with Crippen molar-refractivity contribution in [2.45, 2.75) is 30.0 Å². The number of aromatic nitrogens is 2. The van der Waals surface area contributed by atoms with E-state index in [1.54, 1.807) is 0 Å². The number of sulfonamides is 1. The largest absolute Gasteiger partial charge is 0.419 e. The van der Waals surface area contributed by atoms with E-state index in [0.29, 0.717) is 12.5 Å². The molecule has 1 aromatic heterocycles. The van der Waals surface area contributed by atoms with Crippen LogP contribution in [0.25, 0.3) is 0 Å². The van der Waals surface area contributed by atoms with Gasteiger partial charge in [0.1, 0.15) is 11.9 Å². The van der Waals surface area contributed by atoms with Crippen molar-refractivity contribution < 1.29 is 35.3 Å². The molecule has 1 fully saturated rings. The lowest BCUT2D eigenvalue weighted by molar-refractivity contribution is -0.140. The highest BCUT2D eigenvalue weighted by molar-refractivity contribution is 7.89. The maximum Gasteiger partial charge on any atom is 0.419 e. The minimum atomic E-state index is -5.05. The Balaban J connectivity index is 1.99. The van der Waals surface area contributed by atoms with Crippen LogP contribution in [0.5, 0.6) is 0 Å². The molecular formula is C14H12F4N4O4S. The summed E-state index contributed by atoms with van der Waals surface area (Å²) in [6.07, 6.45) is -4.44. The molecule has 2 aromatic rings. The van der Waals surface area contributed by atoms with Crippen LogP contribution in [0.4, 0.5) is 17.6 Å². The fraction of sp³-hybridized carbons (Fsp3) is 0.357. The average Bonchev–Trinajstić information content (AvgIpc) is 3.23. The van der Waals surface area contributed by atoms with Crippen molar-refractivity contribution in [3.8, 4) is 0 Å². The first-order valence-electron chi connectivity index (χ1n) is 7.54. The number of hydrogen-bond donors (Lipinski definition) is 1. The molecule has 0 unspecified atom stereocenters. The molecule has 1 atom stereocenters. The van der Waals surface area contributed by atoms with E-state index in [1.165, 1.54) is 0 Å². The highest BCUT2D eigenvalue weighted by atomic mass is 32.2. The molecule has 1 amide bonds. The maximum absolute atomic E-state index is 13.4. The van der Waals surface area contributed by atoms with Crippen LogP contribution in [-0.4, -0.2) is 35.3 Å². The molecule has 1 aliphatic rings. The summed E-state index contributed by atoms with van der Waals surface area (Å²) in [5.41, 5.74) is 3.32. The number of amides is 1. The van der Waals surface area contributed by atoms with E-state index < -0.39 is 50.2 Å². The second-order valence-corrected chi connectivity index (χ2v) is 7.62. The van der Waals surface area contributed by atoms with E-state index >= 15 is 0 Å². The number of carbonyl (C=O) groups is 1. The van der Waals surface area contributed by atoms with Crippen LogP contribution in [0.15, 0.2) is 27.6 Å². The summed E-state index contributed by atoms with van der Waals surface area (Å²) in [5.74, 6) is -3.22. The van der Waals surface area contributed by atoms with Crippen LogP contribution in [0.3, 0.4) is 0 Å². The number of benzene rings is 1. The number of alkyl halides is 3.